The van der Waals surface area contributed by atoms with Gasteiger partial charge in [0.15, 0.2) is 0 Å². The molecule has 0 unspecified atom stereocenters. The Morgan fingerprint density at radius 3 is 3.00 bits per heavy atom. The Bertz CT molecular complexity index is 810. The molecule has 2 atom stereocenters. The van der Waals surface area contributed by atoms with E-state index in [1.54, 1.807) is 6.07 Å². The second kappa shape index (κ2) is 8.47. The van der Waals surface area contributed by atoms with Crippen molar-refractivity contribution in [2.75, 3.05) is 31.8 Å². The third-order valence-corrected chi connectivity index (χ3v) is 5.48. The van der Waals surface area contributed by atoms with Gasteiger partial charge in [-0.3, -0.25) is 10.1 Å². The van der Waals surface area contributed by atoms with Crippen molar-refractivity contribution in [3.05, 3.63) is 56.3 Å². The molecule has 1 aliphatic heterocycles. The molecule has 2 heterocycles. The predicted molar refractivity (Wildman–Crippen MR) is 100 cm³/mol. The minimum Gasteiger partial charge on any atom is -0.465 e. The number of methoxy groups -OCH3 is 1. The van der Waals surface area contributed by atoms with Crippen molar-refractivity contribution < 1.29 is 24.3 Å². The molecule has 0 aliphatic carbocycles. The summed E-state index contributed by atoms with van der Waals surface area (Å²) in [5.41, 5.74) is 0.269. The van der Waals surface area contributed by atoms with Crippen molar-refractivity contribution in [2.45, 2.75) is 18.6 Å². The van der Waals surface area contributed by atoms with Crippen LogP contribution >= 0.6 is 11.3 Å². The number of thiophene rings is 1. The summed E-state index contributed by atoms with van der Waals surface area (Å²) in [4.78, 5) is 25.5. The number of esters is 1. The van der Waals surface area contributed by atoms with Gasteiger partial charge in [0.2, 0.25) is 0 Å². The van der Waals surface area contributed by atoms with E-state index < -0.39 is 17.0 Å². The summed E-state index contributed by atoms with van der Waals surface area (Å²) in [5.74, 6) is -0.757. The first kappa shape index (κ1) is 19.3. The number of nitrogens with zero attached hydrogens (tertiary/aromatic N) is 2. The average molecular weight is 392 g/mol. The Labute approximate surface area is 160 Å². The molecule has 1 aromatic heterocycles. The number of aliphatic hydroxyl groups excluding tert-OH is 1. The summed E-state index contributed by atoms with van der Waals surface area (Å²) in [6.07, 6.45) is -0.178. The van der Waals surface area contributed by atoms with Gasteiger partial charge < -0.3 is 19.5 Å². The van der Waals surface area contributed by atoms with Gasteiger partial charge >= 0.3 is 5.97 Å². The van der Waals surface area contributed by atoms with Crippen molar-refractivity contribution in [2.24, 2.45) is 0 Å². The fraction of sp³-hybridized carbons (Fsp3) is 0.389. The Morgan fingerprint density at radius 1 is 1.52 bits per heavy atom. The molecule has 1 N–H and O–H groups in total. The number of rotatable bonds is 6. The highest BCUT2D eigenvalue weighted by molar-refractivity contribution is 7.10. The first-order chi connectivity index (χ1) is 13.0. The van der Waals surface area contributed by atoms with E-state index >= 15 is 0 Å². The van der Waals surface area contributed by atoms with Gasteiger partial charge in [0.25, 0.3) is 5.69 Å². The Balaban J connectivity index is 1.87. The van der Waals surface area contributed by atoms with Crippen LogP contribution in [-0.4, -0.2) is 48.9 Å². The van der Waals surface area contributed by atoms with Crippen LogP contribution in [0, 0.1) is 10.1 Å². The summed E-state index contributed by atoms with van der Waals surface area (Å²) in [5, 5.41) is 23.6. The minimum atomic E-state index is -0.757. The molecule has 1 fully saturated rings. The molecule has 144 valence electrons. The number of benzene rings is 1. The summed E-state index contributed by atoms with van der Waals surface area (Å²) >= 11 is 1.49. The SMILES string of the molecule is COC(=O)c1cc(N2CCOC[C@@H]2C[C@H](O)c2cccs2)ccc1[N+](=O)[O-]. The number of ether oxygens (including phenoxy) is 2. The fourth-order valence-corrected chi connectivity index (χ4v) is 3.90. The molecule has 0 bridgehead atoms. The van der Waals surface area contributed by atoms with Crippen LogP contribution in [0.4, 0.5) is 11.4 Å². The van der Waals surface area contributed by atoms with E-state index in [4.69, 9.17) is 4.74 Å². The quantitative estimate of drug-likeness (QED) is 0.458. The summed E-state index contributed by atoms with van der Waals surface area (Å²) in [6.45, 7) is 1.48. The number of anilines is 1. The van der Waals surface area contributed by atoms with Gasteiger partial charge in [-0.2, -0.15) is 0 Å². The standard InChI is InChI=1S/C18H20N2O6S/c1-25-18(22)14-9-12(4-5-15(14)20(23)24)19-6-7-26-11-13(19)10-16(21)17-3-2-8-27-17/h2-5,8-9,13,16,21H,6-7,10-11H2,1H3/t13-,16-/m0/s1. The molecule has 9 heteroatoms. The van der Waals surface area contributed by atoms with Crippen LogP contribution < -0.4 is 4.90 Å². The zero-order valence-electron chi connectivity index (χ0n) is 14.7. The molecule has 1 aromatic carbocycles. The van der Waals surface area contributed by atoms with Gasteiger partial charge in [0.05, 0.1) is 37.4 Å². The Hall–Kier alpha value is -2.49. The maximum atomic E-state index is 12.0. The van der Waals surface area contributed by atoms with Crippen LogP contribution in [0.1, 0.15) is 27.8 Å². The number of nitro benzene ring substituents is 1. The maximum Gasteiger partial charge on any atom is 0.344 e. The van der Waals surface area contributed by atoms with E-state index in [-0.39, 0.29) is 17.3 Å². The molecule has 1 aliphatic rings. The van der Waals surface area contributed by atoms with Crippen LogP contribution in [0.3, 0.4) is 0 Å². The maximum absolute atomic E-state index is 12.0. The highest BCUT2D eigenvalue weighted by Gasteiger charge is 2.29. The minimum absolute atomic E-state index is 0.0935. The van der Waals surface area contributed by atoms with E-state index in [1.165, 1.54) is 30.6 Å². The van der Waals surface area contributed by atoms with Gasteiger partial charge in [-0.05, 0) is 23.6 Å². The van der Waals surface area contributed by atoms with E-state index in [0.29, 0.717) is 31.9 Å². The number of carbonyl (C=O) groups is 1. The highest BCUT2D eigenvalue weighted by atomic mass is 32.1. The first-order valence-corrected chi connectivity index (χ1v) is 9.32. The monoisotopic (exact) mass is 392 g/mol. The lowest BCUT2D eigenvalue weighted by Crippen LogP contribution is -2.46. The van der Waals surface area contributed by atoms with Gasteiger partial charge in [0, 0.05) is 29.6 Å². The molecule has 1 saturated heterocycles. The summed E-state index contributed by atoms with van der Waals surface area (Å²) < 4.78 is 10.2. The fourth-order valence-electron chi connectivity index (χ4n) is 3.18. The van der Waals surface area contributed by atoms with Crippen LogP contribution in [0.25, 0.3) is 0 Å². The number of hydrogen-bond donors (Lipinski definition) is 1. The third kappa shape index (κ3) is 4.26. The average Bonchev–Trinajstić information content (AvgIpc) is 3.22. The van der Waals surface area contributed by atoms with Gasteiger partial charge in [-0.1, -0.05) is 6.07 Å². The number of aliphatic hydroxyl groups is 1. The molecule has 0 spiro atoms. The molecular weight excluding hydrogens is 372 g/mol. The van der Waals surface area contributed by atoms with Crippen molar-refractivity contribution in [1.29, 1.82) is 0 Å². The molecule has 0 saturated carbocycles. The number of carbonyl (C=O) groups excluding carboxylic acids is 1. The second-order valence-electron chi connectivity index (χ2n) is 6.14. The van der Waals surface area contributed by atoms with Crippen LogP contribution in [-0.2, 0) is 9.47 Å². The number of hydrogen-bond acceptors (Lipinski definition) is 8. The van der Waals surface area contributed by atoms with Gasteiger partial charge in [0.1, 0.15) is 5.56 Å². The zero-order chi connectivity index (χ0) is 19.4. The highest BCUT2D eigenvalue weighted by Crippen LogP contribution is 2.31. The Kier molecular flexibility index (Phi) is 6.04. The molecule has 2 aromatic rings. The topological polar surface area (TPSA) is 102 Å². The second-order valence-corrected chi connectivity index (χ2v) is 7.12. The normalized spacial score (nSPS) is 18.1. The number of morpholine rings is 1. The molecule has 8 nitrogen and oxygen atoms in total. The van der Waals surface area contributed by atoms with Crippen LogP contribution in [0.15, 0.2) is 35.7 Å². The van der Waals surface area contributed by atoms with Gasteiger partial charge in [-0.25, -0.2) is 4.79 Å². The lowest BCUT2D eigenvalue weighted by atomic mass is 10.0. The van der Waals surface area contributed by atoms with E-state index in [9.17, 15) is 20.0 Å². The van der Waals surface area contributed by atoms with Crippen molar-refractivity contribution in [3.8, 4) is 0 Å². The van der Waals surface area contributed by atoms with Crippen molar-refractivity contribution in [1.82, 2.24) is 0 Å². The van der Waals surface area contributed by atoms with E-state index in [1.807, 2.05) is 22.4 Å². The lowest BCUT2D eigenvalue weighted by Gasteiger charge is -2.38. The van der Waals surface area contributed by atoms with E-state index in [2.05, 4.69) is 4.74 Å². The molecule has 0 radical (unpaired) electrons. The smallest absolute Gasteiger partial charge is 0.344 e. The van der Waals surface area contributed by atoms with E-state index in [0.717, 1.165) is 4.88 Å². The molecule has 3 rings (SSSR count). The zero-order valence-corrected chi connectivity index (χ0v) is 15.6. The first-order valence-electron chi connectivity index (χ1n) is 8.44. The molecule has 0 amide bonds. The Morgan fingerprint density at radius 2 is 2.33 bits per heavy atom. The third-order valence-electron chi connectivity index (χ3n) is 4.51. The number of nitro groups is 1. The summed E-state index contributed by atoms with van der Waals surface area (Å²) in [7, 11) is 1.19. The predicted octanol–water partition coefficient (Wildman–Crippen LogP) is 2.77. The van der Waals surface area contributed by atoms with Crippen LogP contribution in [0.2, 0.25) is 0 Å². The van der Waals surface area contributed by atoms with Crippen molar-refractivity contribution in [3.63, 3.8) is 0 Å². The largest absolute Gasteiger partial charge is 0.465 e. The summed E-state index contributed by atoms with van der Waals surface area (Å²) in [6, 6.07) is 8.04. The molecular formula is C18H20N2O6S. The lowest BCUT2D eigenvalue weighted by molar-refractivity contribution is -0.385. The van der Waals surface area contributed by atoms with Gasteiger partial charge in [-0.15, -0.1) is 11.3 Å². The molecule has 27 heavy (non-hydrogen) atoms. The van der Waals surface area contributed by atoms with Crippen LogP contribution in [0.5, 0.6) is 0 Å². The van der Waals surface area contributed by atoms with Crippen molar-refractivity contribution >= 4 is 28.7 Å².